The molecule has 1 aliphatic heterocycles. The van der Waals surface area contributed by atoms with Gasteiger partial charge in [-0.1, -0.05) is 0 Å². The lowest BCUT2D eigenvalue weighted by Crippen LogP contribution is -2.28. The fourth-order valence-corrected chi connectivity index (χ4v) is 1.96. The van der Waals surface area contributed by atoms with E-state index < -0.39 is 6.10 Å². The Hall–Kier alpha value is -2.38. The summed E-state index contributed by atoms with van der Waals surface area (Å²) in [5.74, 6) is 0.131. The van der Waals surface area contributed by atoms with Gasteiger partial charge in [-0.25, -0.2) is 4.68 Å². The Morgan fingerprint density at radius 2 is 2.33 bits per heavy atom. The van der Waals surface area contributed by atoms with Crippen LogP contribution in [0.5, 0.6) is 0 Å². The van der Waals surface area contributed by atoms with E-state index in [1.165, 1.54) is 15.8 Å². The molecule has 1 saturated heterocycles. The summed E-state index contributed by atoms with van der Waals surface area (Å²) in [4.78, 5) is 13.1. The number of aromatic nitrogens is 2. The van der Waals surface area contributed by atoms with E-state index in [0.717, 1.165) is 0 Å². The van der Waals surface area contributed by atoms with E-state index in [4.69, 9.17) is 10.5 Å². The molecule has 92 valence electrons. The minimum atomic E-state index is -0.719. The molecule has 0 saturated carbocycles. The van der Waals surface area contributed by atoms with Gasteiger partial charge in [0.2, 0.25) is 5.91 Å². The molecule has 1 aromatic rings. The van der Waals surface area contributed by atoms with Gasteiger partial charge in [-0.05, 0) is 0 Å². The molecule has 18 heavy (non-hydrogen) atoms. The number of anilines is 1. The second kappa shape index (κ2) is 4.86. The van der Waals surface area contributed by atoms with E-state index in [-0.39, 0.29) is 30.9 Å². The van der Waals surface area contributed by atoms with Crippen LogP contribution in [-0.4, -0.2) is 33.4 Å². The monoisotopic (exact) mass is 245 g/mol. The Morgan fingerprint density at radius 3 is 2.89 bits per heavy atom. The zero-order valence-corrected chi connectivity index (χ0v) is 9.57. The first-order valence-electron chi connectivity index (χ1n) is 5.48. The molecule has 1 aliphatic rings. The molecule has 2 rings (SSSR count). The van der Waals surface area contributed by atoms with Crippen molar-refractivity contribution in [1.29, 1.82) is 10.5 Å². The number of carbonyl (C=O) groups is 1. The number of aliphatic hydroxyl groups excluding tert-OH is 1. The second-order valence-electron chi connectivity index (χ2n) is 3.99. The van der Waals surface area contributed by atoms with Gasteiger partial charge in [0.05, 0.1) is 44.3 Å². The van der Waals surface area contributed by atoms with Gasteiger partial charge in [0.25, 0.3) is 0 Å². The highest BCUT2D eigenvalue weighted by Crippen LogP contribution is 2.25. The first-order valence-corrected chi connectivity index (χ1v) is 5.48. The summed E-state index contributed by atoms with van der Waals surface area (Å²) in [5.41, 5.74) is 0.274. The first kappa shape index (κ1) is 12.1. The minimum Gasteiger partial charge on any atom is -0.391 e. The van der Waals surface area contributed by atoms with Crippen LogP contribution in [0.2, 0.25) is 0 Å². The highest BCUT2D eigenvalue weighted by molar-refractivity contribution is 5.96. The lowest BCUT2D eigenvalue weighted by atomic mass is 10.3. The summed E-state index contributed by atoms with van der Waals surface area (Å²) in [6, 6.07) is 3.95. The molecule has 1 unspecified atom stereocenters. The van der Waals surface area contributed by atoms with Crippen molar-refractivity contribution in [3.63, 3.8) is 0 Å². The third-order valence-electron chi connectivity index (χ3n) is 2.73. The number of nitriles is 2. The molecule has 2 heterocycles. The van der Waals surface area contributed by atoms with Crippen LogP contribution in [-0.2, 0) is 11.3 Å². The lowest BCUT2D eigenvalue weighted by molar-refractivity contribution is -0.117. The largest absolute Gasteiger partial charge is 0.391 e. The highest BCUT2D eigenvalue weighted by Gasteiger charge is 2.33. The van der Waals surface area contributed by atoms with Gasteiger partial charge in [0, 0.05) is 0 Å². The number of hydrogen-bond acceptors (Lipinski definition) is 5. The van der Waals surface area contributed by atoms with Crippen LogP contribution < -0.4 is 4.90 Å². The zero-order valence-electron chi connectivity index (χ0n) is 9.57. The van der Waals surface area contributed by atoms with Gasteiger partial charge >= 0.3 is 0 Å². The molecule has 1 fully saturated rings. The molecule has 0 bridgehead atoms. The molecular formula is C11H11N5O2. The highest BCUT2D eigenvalue weighted by atomic mass is 16.3. The third kappa shape index (κ3) is 2.04. The zero-order chi connectivity index (χ0) is 13.1. The Balaban J connectivity index is 2.36. The second-order valence-corrected chi connectivity index (χ2v) is 3.99. The van der Waals surface area contributed by atoms with Crippen molar-refractivity contribution in [2.24, 2.45) is 0 Å². The quantitative estimate of drug-likeness (QED) is 0.791. The van der Waals surface area contributed by atoms with Crippen molar-refractivity contribution in [3.8, 4) is 12.1 Å². The van der Waals surface area contributed by atoms with Gasteiger partial charge in [0.1, 0.15) is 11.6 Å². The van der Waals surface area contributed by atoms with E-state index >= 15 is 0 Å². The summed E-state index contributed by atoms with van der Waals surface area (Å²) in [5, 5.41) is 31.0. The maximum Gasteiger partial charge on any atom is 0.230 e. The molecule has 0 aliphatic carbocycles. The average molecular weight is 245 g/mol. The van der Waals surface area contributed by atoms with Crippen molar-refractivity contribution in [1.82, 2.24) is 9.78 Å². The van der Waals surface area contributed by atoms with Gasteiger partial charge in [-0.3, -0.25) is 9.69 Å². The van der Waals surface area contributed by atoms with E-state index in [2.05, 4.69) is 5.10 Å². The normalized spacial score (nSPS) is 18.7. The first-order chi connectivity index (χ1) is 8.67. The Kier molecular flexibility index (Phi) is 3.26. The van der Waals surface area contributed by atoms with E-state index in [1.807, 2.05) is 12.1 Å². The predicted molar refractivity (Wildman–Crippen MR) is 60.1 cm³/mol. The SMILES string of the molecule is N#CCCn1ncc(C#N)c1N1CC(O)CC1=O. The van der Waals surface area contributed by atoms with Crippen LogP contribution >= 0.6 is 0 Å². The van der Waals surface area contributed by atoms with Crippen LogP contribution in [0.15, 0.2) is 6.20 Å². The number of hydrogen-bond donors (Lipinski definition) is 1. The summed E-state index contributed by atoms with van der Waals surface area (Å²) in [7, 11) is 0. The fourth-order valence-electron chi connectivity index (χ4n) is 1.96. The van der Waals surface area contributed by atoms with Crippen LogP contribution in [0.4, 0.5) is 5.82 Å². The molecule has 1 N–H and O–H groups in total. The maximum absolute atomic E-state index is 11.7. The molecule has 0 aromatic carbocycles. The third-order valence-corrected chi connectivity index (χ3v) is 2.73. The van der Waals surface area contributed by atoms with Crippen LogP contribution in [0, 0.1) is 22.7 Å². The van der Waals surface area contributed by atoms with Crippen LogP contribution in [0.25, 0.3) is 0 Å². The topological polar surface area (TPSA) is 106 Å². The van der Waals surface area contributed by atoms with Gasteiger partial charge in [-0.15, -0.1) is 0 Å². The number of aliphatic hydroxyl groups is 1. The number of carbonyl (C=O) groups excluding carboxylic acids is 1. The minimum absolute atomic E-state index is 0.0499. The maximum atomic E-state index is 11.7. The number of rotatable bonds is 3. The van der Waals surface area contributed by atoms with E-state index in [1.54, 1.807) is 0 Å². The number of aryl methyl sites for hydroxylation is 1. The van der Waals surface area contributed by atoms with Gasteiger partial charge < -0.3 is 5.11 Å². The number of β-amino-alcohol motifs (C(OH)–C–C–N with tert-alkyl or cyclic N) is 1. The van der Waals surface area contributed by atoms with Crippen molar-refractivity contribution in [2.75, 3.05) is 11.4 Å². The van der Waals surface area contributed by atoms with Crippen molar-refractivity contribution < 1.29 is 9.90 Å². The van der Waals surface area contributed by atoms with Crippen LogP contribution in [0.3, 0.4) is 0 Å². The molecule has 1 amide bonds. The summed E-state index contributed by atoms with van der Waals surface area (Å²) in [6.07, 6.45) is 0.937. The Labute approximate surface area is 103 Å². The lowest BCUT2D eigenvalue weighted by Gasteiger charge is -2.17. The van der Waals surface area contributed by atoms with Crippen molar-refractivity contribution in [2.45, 2.75) is 25.5 Å². The molecule has 7 heteroatoms. The molecular weight excluding hydrogens is 234 g/mol. The molecule has 0 radical (unpaired) electrons. The smallest absolute Gasteiger partial charge is 0.230 e. The summed E-state index contributed by atoms with van der Waals surface area (Å²) >= 11 is 0. The molecule has 0 spiro atoms. The molecule has 1 atom stereocenters. The van der Waals surface area contributed by atoms with Crippen molar-refractivity contribution in [3.05, 3.63) is 11.8 Å². The summed E-state index contributed by atoms with van der Waals surface area (Å²) in [6.45, 7) is 0.471. The van der Waals surface area contributed by atoms with Crippen LogP contribution in [0.1, 0.15) is 18.4 Å². The average Bonchev–Trinajstić information content (AvgIpc) is 2.89. The Morgan fingerprint density at radius 1 is 1.56 bits per heavy atom. The summed E-state index contributed by atoms with van der Waals surface area (Å²) < 4.78 is 1.46. The van der Waals surface area contributed by atoms with Gasteiger partial charge in [0.15, 0.2) is 5.82 Å². The van der Waals surface area contributed by atoms with Gasteiger partial charge in [-0.2, -0.15) is 15.6 Å². The standard InChI is InChI=1S/C11H11N5O2/c12-2-1-3-16-11(8(5-13)6-14-16)15-7-9(17)4-10(15)18/h6,9,17H,1,3-4,7H2. The molecule has 7 nitrogen and oxygen atoms in total. The number of nitrogens with zero attached hydrogens (tertiary/aromatic N) is 5. The van der Waals surface area contributed by atoms with Crippen molar-refractivity contribution >= 4 is 11.7 Å². The predicted octanol–water partition coefficient (Wildman–Crippen LogP) is -0.234. The number of amides is 1. The van der Waals surface area contributed by atoms with E-state index in [0.29, 0.717) is 12.4 Å². The van der Waals surface area contributed by atoms with E-state index in [9.17, 15) is 9.90 Å². The fraction of sp³-hybridized carbons (Fsp3) is 0.455. The Bertz CT molecular complexity index is 551. The molecule has 1 aromatic heterocycles.